The molecule has 0 saturated carbocycles. The lowest BCUT2D eigenvalue weighted by atomic mass is 10.1. The van der Waals surface area contributed by atoms with Crippen molar-refractivity contribution in [3.05, 3.63) is 79.0 Å². The Morgan fingerprint density at radius 2 is 1.34 bits per heavy atom. The molecular formula is C27H26N3O4S+. The summed E-state index contributed by atoms with van der Waals surface area (Å²) in [5.74, 6) is 1.30. The highest BCUT2D eigenvalue weighted by molar-refractivity contribution is 7.91. The molecule has 2 aliphatic heterocycles. The number of aromatic amines is 1. The largest absolute Gasteiger partial charge is 0.486 e. The van der Waals surface area contributed by atoms with Gasteiger partial charge in [-0.25, -0.2) is 13.4 Å². The van der Waals surface area contributed by atoms with Crippen LogP contribution in [0.3, 0.4) is 0 Å². The lowest BCUT2D eigenvalue weighted by Crippen LogP contribution is -2.47. The Hall–Kier alpha value is -3.78. The zero-order valence-corrected chi connectivity index (χ0v) is 20.0. The van der Waals surface area contributed by atoms with Crippen molar-refractivity contribution < 1.29 is 22.9 Å². The van der Waals surface area contributed by atoms with E-state index in [1.165, 1.54) is 5.69 Å². The number of piperazine rings is 1. The van der Waals surface area contributed by atoms with E-state index in [-0.39, 0.29) is 9.79 Å². The van der Waals surface area contributed by atoms with Gasteiger partial charge in [-0.2, -0.15) is 0 Å². The third-order valence-corrected chi connectivity index (χ3v) is 8.37. The molecule has 0 aliphatic carbocycles. The Kier molecular flexibility index (Phi) is 5.45. The van der Waals surface area contributed by atoms with Crippen LogP contribution < -0.4 is 24.3 Å². The highest BCUT2D eigenvalue weighted by atomic mass is 32.2. The van der Waals surface area contributed by atoms with E-state index in [4.69, 9.17) is 9.47 Å². The third-order valence-electron chi connectivity index (χ3n) is 6.59. The molecule has 1 saturated heterocycles. The fourth-order valence-corrected chi connectivity index (χ4v) is 6.31. The SMILES string of the molecule is O=S(=O)(c1ccccc1)c1c[nH+]c2cc3c(cc2c1N1CCN(c2ccccc2)CC1)OCCO3. The fourth-order valence-electron chi connectivity index (χ4n) is 4.83. The zero-order valence-electron chi connectivity index (χ0n) is 19.2. The van der Waals surface area contributed by atoms with Crippen molar-refractivity contribution in [3.8, 4) is 11.5 Å². The van der Waals surface area contributed by atoms with Gasteiger partial charge in [0.2, 0.25) is 15.4 Å². The second-order valence-corrected chi connectivity index (χ2v) is 10.6. The fraction of sp³-hybridized carbons (Fsp3) is 0.222. The number of sulfone groups is 1. The van der Waals surface area contributed by atoms with Crippen molar-refractivity contribution in [1.29, 1.82) is 0 Å². The highest BCUT2D eigenvalue weighted by Crippen LogP contribution is 2.41. The molecule has 0 radical (unpaired) electrons. The summed E-state index contributed by atoms with van der Waals surface area (Å²) in [6.45, 7) is 3.93. The van der Waals surface area contributed by atoms with E-state index in [1.54, 1.807) is 30.5 Å². The summed E-state index contributed by atoms with van der Waals surface area (Å²) >= 11 is 0. The van der Waals surface area contributed by atoms with E-state index in [9.17, 15) is 8.42 Å². The first-order valence-electron chi connectivity index (χ1n) is 11.7. The van der Waals surface area contributed by atoms with Crippen LogP contribution in [0.2, 0.25) is 0 Å². The van der Waals surface area contributed by atoms with Crippen molar-refractivity contribution in [2.24, 2.45) is 0 Å². The van der Waals surface area contributed by atoms with Crippen LogP contribution in [0.5, 0.6) is 11.5 Å². The summed E-state index contributed by atoms with van der Waals surface area (Å²) < 4.78 is 39.2. The Bertz CT molecular complexity index is 1470. The predicted octanol–water partition coefficient (Wildman–Crippen LogP) is 3.58. The number of nitrogens with one attached hydrogen (secondary N) is 1. The molecule has 3 aromatic carbocycles. The minimum absolute atomic E-state index is 0.265. The van der Waals surface area contributed by atoms with E-state index in [0.717, 1.165) is 24.0 Å². The molecule has 0 unspecified atom stereocenters. The Morgan fingerprint density at radius 3 is 2.03 bits per heavy atom. The molecule has 8 heteroatoms. The van der Waals surface area contributed by atoms with Gasteiger partial charge in [0.1, 0.15) is 13.2 Å². The number of hydrogen-bond donors (Lipinski definition) is 0. The van der Waals surface area contributed by atoms with Crippen LogP contribution in [-0.2, 0) is 9.84 Å². The molecule has 178 valence electrons. The molecule has 2 aliphatic rings. The molecular weight excluding hydrogens is 462 g/mol. The molecule has 4 aromatic rings. The van der Waals surface area contributed by atoms with Crippen molar-refractivity contribution in [1.82, 2.24) is 0 Å². The topological polar surface area (TPSA) is 73.2 Å². The molecule has 0 amide bonds. The van der Waals surface area contributed by atoms with Crippen LogP contribution in [0, 0.1) is 0 Å². The van der Waals surface area contributed by atoms with E-state index >= 15 is 0 Å². The number of rotatable bonds is 4. The average molecular weight is 489 g/mol. The lowest BCUT2D eigenvalue weighted by molar-refractivity contribution is -0.347. The van der Waals surface area contributed by atoms with Gasteiger partial charge in [0.25, 0.3) is 0 Å². The molecule has 6 rings (SSSR count). The number of benzene rings is 3. The summed E-state index contributed by atoms with van der Waals surface area (Å²) in [6, 6.07) is 22.7. The van der Waals surface area contributed by atoms with Crippen molar-refractivity contribution >= 4 is 32.1 Å². The van der Waals surface area contributed by atoms with E-state index < -0.39 is 9.84 Å². The smallest absolute Gasteiger partial charge is 0.217 e. The highest BCUT2D eigenvalue weighted by Gasteiger charge is 2.32. The Labute approximate surface area is 204 Å². The van der Waals surface area contributed by atoms with Gasteiger partial charge in [0.15, 0.2) is 22.6 Å². The molecule has 1 N–H and O–H groups in total. The summed E-state index contributed by atoms with van der Waals surface area (Å²) in [7, 11) is -3.76. The molecule has 0 bridgehead atoms. The first-order chi connectivity index (χ1) is 17.1. The van der Waals surface area contributed by atoms with Crippen LogP contribution in [0.4, 0.5) is 11.4 Å². The maximum Gasteiger partial charge on any atom is 0.217 e. The minimum atomic E-state index is -3.76. The number of ether oxygens (including phenoxy) is 2. The number of H-pyrrole nitrogens is 1. The van der Waals surface area contributed by atoms with Crippen molar-refractivity contribution in [3.63, 3.8) is 0 Å². The number of aromatic nitrogens is 1. The normalized spacial score (nSPS) is 15.9. The van der Waals surface area contributed by atoms with Crippen LogP contribution in [0.25, 0.3) is 10.9 Å². The number of pyridine rings is 1. The quantitative estimate of drug-likeness (QED) is 0.437. The molecule has 0 spiro atoms. The monoisotopic (exact) mass is 488 g/mol. The van der Waals surface area contributed by atoms with Gasteiger partial charge in [0, 0.05) is 37.9 Å². The second-order valence-electron chi connectivity index (χ2n) is 8.67. The molecule has 1 aromatic heterocycles. The average Bonchev–Trinajstić information content (AvgIpc) is 2.92. The molecule has 0 atom stereocenters. The lowest BCUT2D eigenvalue weighted by Gasteiger charge is -2.38. The van der Waals surface area contributed by atoms with Gasteiger partial charge in [-0.15, -0.1) is 0 Å². The van der Waals surface area contributed by atoms with Crippen molar-refractivity contribution in [2.75, 3.05) is 49.2 Å². The van der Waals surface area contributed by atoms with E-state index in [1.807, 2.05) is 36.4 Å². The van der Waals surface area contributed by atoms with E-state index in [0.29, 0.717) is 43.5 Å². The number of para-hydroxylation sites is 1. The Balaban J connectivity index is 1.47. The summed E-state index contributed by atoms with van der Waals surface area (Å²) in [5, 5.41) is 0.805. The summed E-state index contributed by atoms with van der Waals surface area (Å²) in [5.41, 5.74) is 2.68. The minimum Gasteiger partial charge on any atom is -0.486 e. The van der Waals surface area contributed by atoms with Gasteiger partial charge in [-0.05, 0) is 24.3 Å². The molecule has 7 nitrogen and oxygen atoms in total. The van der Waals surface area contributed by atoms with Crippen LogP contribution >= 0.6 is 0 Å². The number of fused-ring (bicyclic) bond motifs is 2. The van der Waals surface area contributed by atoms with Gasteiger partial charge < -0.3 is 19.3 Å². The molecule has 1 fully saturated rings. The molecule has 3 heterocycles. The number of hydrogen-bond acceptors (Lipinski definition) is 6. The van der Waals surface area contributed by atoms with Crippen LogP contribution in [0.15, 0.2) is 88.8 Å². The van der Waals surface area contributed by atoms with Gasteiger partial charge in [0.05, 0.1) is 22.0 Å². The van der Waals surface area contributed by atoms with Gasteiger partial charge in [-0.1, -0.05) is 36.4 Å². The molecule has 35 heavy (non-hydrogen) atoms. The summed E-state index contributed by atoms with van der Waals surface area (Å²) in [4.78, 5) is 8.26. The van der Waals surface area contributed by atoms with Gasteiger partial charge >= 0.3 is 0 Å². The third kappa shape index (κ3) is 3.93. The first-order valence-corrected chi connectivity index (χ1v) is 13.2. The van der Waals surface area contributed by atoms with Crippen LogP contribution in [0.1, 0.15) is 0 Å². The van der Waals surface area contributed by atoms with Crippen molar-refractivity contribution in [2.45, 2.75) is 9.79 Å². The number of nitrogens with zero attached hydrogens (tertiary/aromatic N) is 2. The standard InChI is InChI=1S/C27H25N3O4S/c31-35(32,21-9-5-2-6-10-21)26-19-28-23-18-25-24(33-15-16-34-25)17-22(23)27(26)30-13-11-29(12-14-30)20-7-3-1-4-8-20/h1-10,17-19H,11-16H2/p+1. The Morgan fingerprint density at radius 1 is 0.743 bits per heavy atom. The zero-order chi connectivity index (χ0) is 23.8. The van der Waals surface area contributed by atoms with Gasteiger partial charge in [-0.3, -0.25) is 0 Å². The second kappa shape index (κ2) is 8.78. The predicted molar refractivity (Wildman–Crippen MR) is 134 cm³/mol. The first kappa shape index (κ1) is 21.7. The van der Waals surface area contributed by atoms with E-state index in [2.05, 4.69) is 26.9 Å². The number of anilines is 2. The maximum absolute atomic E-state index is 13.8. The van der Waals surface area contributed by atoms with Crippen LogP contribution in [-0.4, -0.2) is 47.8 Å². The summed E-state index contributed by atoms with van der Waals surface area (Å²) in [6.07, 6.45) is 1.61. The maximum atomic E-state index is 13.8.